The lowest BCUT2D eigenvalue weighted by atomic mass is 10.0. The van der Waals surface area contributed by atoms with Crippen LogP contribution in [0.15, 0.2) is 18.6 Å². The molecule has 0 aliphatic rings. The number of nitrogens with zero attached hydrogens (tertiary/aromatic N) is 2. The minimum atomic E-state index is -0.679. The first-order valence-corrected chi connectivity index (χ1v) is 5.94. The van der Waals surface area contributed by atoms with E-state index in [0.29, 0.717) is 12.2 Å². The van der Waals surface area contributed by atoms with Crippen LogP contribution in [0.3, 0.4) is 0 Å². The second-order valence-electron chi connectivity index (χ2n) is 4.39. The van der Waals surface area contributed by atoms with Crippen LogP contribution in [0.2, 0.25) is 0 Å². The summed E-state index contributed by atoms with van der Waals surface area (Å²) in [6.07, 6.45) is 4.87. The van der Waals surface area contributed by atoms with Crippen molar-refractivity contribution < 1.29 is 14.3 Å². The molecule has 0 aromatic carbocycles. The van der Waals surface area contributed by atoms with Gasteiger partial charge in [-0.3, -0.25) is 10.3 Å². The fraction of sp³-hybridized carbons (Fsp3) is 0.500. The van der Waals surface area contributed by atoms with Gasteiger partial charge in [0.15, 0.2) is 5.82 Å². The Kier molecular flexibility index (Phi) is 5.72. The molecule has 2 amide bonds. The van der Waals surface area contributed by atoms with Crippen molar-refractivity contribution >= 4 is 17.8 Å². The largest absolute Gasteiger partial charge is 0.467 e. The summed E-state index contributed by atoms with van der Waals surface area (Å²) < 4.78 is 4.65. The predicted octanol–water partition coefficient (Wildman–Crippen LogP) is 1.19. The second-order valence-corrected chi connectivity index (χ2v) is 4.39. The van der Waals surface area contributed by atoms with E-state index in [0.717, 1.165) is 0 Å². The normalized spacial score (nSPS) is 11.8. The zero-order chi connectivity index (χ0) is 14.3. The third-order valence-corrected chi connectivity index (χ3v) is 2.30. The molecule has 0 aliphatic heterocycles. The zero-order valence-corrected chi connectivity index (χ0v) is 11.2. The minimum Gasteiger partial charge on any atom is -0.467 e. The Hall–Kier alpha value is -2.18. The topological polar surface area (TPSA) is 93.2 Å². The summed E-state index contributed by atoms with van der Waals surface area (Å²) in [4.78, 5) is 31.0. The summed E-state index contributed by atoms with van der Waals surface area (Å²) >= 11 is 0. The van der Waals surface area contributed by atoms with Crippen LogP contribution >= 0.6 is 0 Å². The lowest BCUT2D eigenvalue weighted by Gasteiger charge is -2.18. The molecule has 0 bridgehead atoms. The first-order valence-electron chi connectivity index (χ1n) is 5.94. The summed E-state index contributed by atoms with van der Waals surface area (Å²) in [6, 6.07) is -1.20. The van der Waals surface area contributed by atoms with Crippen LogP contribution in [0, 0.1) is 5.92 Å². The number of nitrogens with one attached hydrogen (secondary N) is 2. The molecule has 0 aliphatic carbocycles. The number of aromatic nitrogens is 2. The van der Waals surface area contributed by atoms with Crippen molar-refractivity contribution in [2.24, 2.45) is 5.92 Å². The number of urea groups is 1. The molecule has 2 N–H and O–H groups in total. The first kappa shape index (κ1) is 14.9. The van der Waals surface area contributed by atoms with Crippen LogP contribution in [-0.2, 0) is 9.53 Å². The van der Waals surface area contributed by atoms with Crippen LogP contribution in [0.25, 0.3) is 0 Å². The fourth-order valence-corrected chi connectivity index (χ4v) is 1.50. The van der Waals surface area contributed by atoms with Crippen molar-refractivity contribution in [3.8, 4) is 0 Å². The maximum atomic E-state index is 11.7. The van der Waals surface area contributed by atoms with Crippen molar-refractivity contribution in [2.75, 3.05) is 12.4 Å². The quantitative estimate of drug-likeness (QED) is 0.781. The number of amides is 2. The van der Waals surface area contributed by atoms with E-state index in [1.807, 2.05) is 13.8 Å². The minimum absolute atomic E-state index is 0.251. The molecule has 0 spiro atoms. The van der Waals surface area contributed by atoms with E-state index in [2.05, 4.69) is 25.3 Å². The highest BCUT2D eigenvalue weighted by molar-refractivity contribution is 5.91. The van der Waals surface area contributed by atoms with Gasteiger partial charge in [0.1, 0.15) is 6.04 Å². The zero-order valence-electron chi connectivity index (χ0n) is 11.2. The Morgan fingerprint density at radius 1 is 1.37 bits per heavy atom. The van der Waals surface area contributed by atoms with Gasteiger partial charge in [0.2, 0.25) is 0 Å². The molecule has 1 heterocycles. The molecule has 104 valence electrons. The smallest absolute Gasteiger partial charge is 0.328 e. The summed E-state index contributed by atoms with van der Waals surface area (Å²) in [5.74, 6) is 0.0945. The summed E-state index contributed by atoms with van der Waals surface area (Å²) in [5, 5.41) is 5.05. The predicted molar refractivity (Wildman–Crippen MR) is 69.4 cm³/mol. The molecule has 0 radical (unpaired) electrons. The molecule has 0 saturated carbocycles. The molecular formula is C12H18N4O3. The highest BCUT2D eigenvalue weighted by Crippen LogP contribution is 2.06. The van der Waals surface area contributed by atoms with E-state index < -0.39 is 18.0 Å². The van der Waals surface area contributed by atoms with Crippen molar-refractivity contribution in [3.05, 3.63) is 18.6 Å². The van der Waals surface area contributed by atoms with Crippen LogP contribution < -0.4 is 10.6 Å². The Morgan fingerprint density at radius 3 is 2.63 bits per heavy atom. The lowest BCUT2D eigenvalue weighted by Crippen LogP contribution is -2.44. The molecule has 0 fully saturated rings. The maximum absolute atomic E-state index is 11.7. The van der Waals surface area contributed by atoms with Gasteiger partial charge in [-0.2, -0.15) is 0 Å². The van der Waals surface area contributed by atoms with E-state index in [4.69, 9.17) is 0 Å². The third kappa shape index (κ3) is 5.33. The monoisotopic (exact) mass is 266 g/mol. The van der Waals surface area contributed by atoms with Crippen LogP contribution in [-0.4, -0.2) is 35.1 Å². The van der Waals surface area contributed by atoms with Gasteiger partial charge in [0.25, 0.3) is 0 Å². The third-order valence-electron chi connectivity index (χ3n) is 2.30. The van der Waals surface area contributed by atoms with E-state index in [1.165, 1.54) is 25.7 Å². The lowest BCUT2D eigenvalue weighted by molar-refractivity contribution is -0.143. The summed E-state index contributed by atoms with van der Waals surface area (Å²) in [6.45, 7) is 3.91. The van der Waals surface area contributed by atoms with E-state index >= 15 is 0 Å². The number of rotatable bonds is 5. The average Bonchev–Trinajstić information content (AvgIpc) is 2.37. The van der Waals surface area contributed by atoms with Crippen molar-refractivity contribution in [1.29, 1.82) is 0 Å². The van der Waals surface area contributed by atoms with E-state index in [9.17, 15) is 9.59 Å². The molecule has 7 nitrogen and oxygen atoms in total. The first-order chi connectivity index (χ1) is 9.02. The van der Waals surface area contributed by atoms with E-state index in [-0.39, 0.29) is 5.92 Å². The Morgan fingerprint density at radius 2 is 2.11 bits per heavy atom. The number of esters is 1. The van der Waals surface area contributed by atoms with Crippen LogP contribution in [0.1, 0.15) is 20.3 Å². The number of hydrogen-bond donors (Lipinski definition) is 2. The molecule has 0 saturated heterocycles. The van der Waals surface area contributed by atoms with Gasteiger partial charge in [-0.1, -0.05) is 13.8 Å². The second kappa shape index (κ2) is 7.30. The number of hydrogen-bond acceptors (Lipinski definition) is 5. The van der Waals surface area contributed by atoms with Crippen molar-refractivity contribution in [3.63, 3.8) is 0 Å². The highest BCUT2D eigenvalue weighted by atomic mass is 16.5. The molecule has 1 unspecified atom stereocenters. The van der Waals surface area contributed by atoms with Gasteiger partial charge in [-0.05, 0) is 12.3 Å². The van der Waals surface area contributed by atoms with Gasteiger partial charge in [0, 0.05) is 12.4 Å². The van der Waals surface area contributed by atoms with Gasteiger partial charge < -0.3 is 10.1 Å². The highest BCUT2D eigenvalue weighted by Gasteiger charge is 2.22. The van der Waals surface area contributed by atoms with E-state index in [1.54, 1.807) is 0 Å². The van der Waals surface area contributed by atoms with Crippen LogP contribution in [0.5, 0.6) is 0 Å². The standard InChI is InChI=1S/C12H18N4O3/c1-8(2)6-9(11(17)19-3)15-12(18)16-10-7-13-4-5-14-10/h4-5,7-9H,6H2,1-3H3,(H2,14,15,16,18). The molecule has 1 atom stereocenters. The Balaban J connectivity index is 2.58. The fourth-order valence-electron chi connectivity index (χ4n) is 1.50. The number of carbonyl (C=O) groups is 2. The van der Waals surface area contributed by atoms with Gasteiger partial charge in [-0.25, -0.2) is 14.6 Å². The molecule has 7 heteroatoms. The number of anilines is 1. The Labute approximate surface area is 111 Å². The van der Waals surface area contributed by atoms with Gasteiger partial charge in [0.05, 0.1) is 13.3 Å². The summed E-state index contributed by atoms with van der Waals surface area (Å²) in [5.41, 5.74) is 0. The van der Waals surface area contributed by atoms with Crippen molar-refractivity contribution in [1.82, 2.24) is 15.3 Å². The van der Waals surface area contributed by atoms with Crippen molar-refractivity contribution in [2.45, 2.75) is 26.3 Å². The number of ether oxygens (including phenoxy) is 1. The molecule has 1 aromatic rings. The Bertz CT molecular complexity index is 422. The molecule has 19 heavy (non-hydrogen) atoms. The SMILES string of the molecule is COC(=O)C(CC(C)C)NC(=O)Nc1cnccn1. The summed E-state index contributed by atoms with van der Waals surface area (Å²) in [7, 11) is 1.29. The number of carbonyl (C=O) groups excluding carboxylic acids is 2. The van der Waals surface area contributed by atoms with Crippen LogP contribution in [0.4, 0.5) is 10.6 Å². The number of methoxy groups -OCH3 is 1. The van der Waals surface area contributed by atoms with Gasteiger partial charge >= 0.3 is 12.0 Å². The molecular weight excluding hydrogens is 248 g/mol. The van der Waals surface area contributed by atoms with Gasteiger partial charge in [-0.15, -0.1) is 0 Å². The molecule has 1 aromatic heterocycles. The maximum Gasteiger partial charge on any atom is 0.328 e. The molecule has 1 rings (SSSR count). The average molecular weight is 266 g/mol.